The molecule has 0 saturated carbocycles. The fourth-order valence-corrected chi connectivity index (χ4v) is 3.19. The first-order valence-electron chi connectivity index (χ1n) is 8.83. The van der Waals surface area contributed by atoms with Gasteiger partial charge in [-0.25, -0.2) is 9.18 Å². The number of anilines is 1. The third-order valence-corrected chi connectivity index (χ3v) is 4.77. The Kier molecular flexibility index (Phi) is 5.18. The quantitative estimate of drug-likeness (QED) is 0.829. The van der Waals surface area contributed by atoms with Crippen LogP contribution in [0.1, 0.15) is 5.56 Å². The maximum absolute atomic E-state index is 13.3. The fraction of sp³-hybridized carbons (Fsp3) is 0.150. The van der Waals surface area contributed by atoms with Crippen LogP contribution in [0.5, 0.6) is 0 Å². The van der Waals surface area contributed by atoms with Gasteiger partial charge in [-0.1, -0.05) is 41.9 Å². The summed E-state index contributed by atoms with van der Waals surface area (Å²) in [5.41, 5.74) is 1.51. The molecule has 29 heavy (non-hydrogen) atoms. The lowest BCUT2D eigenvalue weighted by Gasteiger charge is -2.21. The molecule has 9 heteroatoms. The summed E-state index contributed by atoms with van der Waals surface area (Å²) in [6.07, 6.45) is 1.24. The van der Waals surface area contributed by atoms with Crippen LogP contribution < -0.4 is 5.32 Å². The van der Waals surface area contributed by atoms with Crippen molar-refractivity contribution in [2.75, 3.05) is 18.4 Å². The van der Waals surface area contributed by atoms with E-state index in [2.05, 4.69) is 10.3 Å². The van der Waals surface area contributed by atoms with Gasteiger partial charge in [0.2, 0.25) is 0 Å². The average Bonchev–Trinajstić information content (AvgIpc) is 3.04. The predicted octanol–water partition coefficient (Wildman–Crippen LogP) is 3.58. The van der Waals surface area contributed by atoms with E-state index >= 15 is 0 Å². The maximum atomic E-state index is 13.3. The molecule has 0 bridgehead atoms. The Balaban J connectivity index is 1.46. The third kappa shape index (κ3) is 4.07. The van der Waals surface area contributed by atoms with Gasteiger partial charge in [0.05, 0.1) is 5.02 Å². The average molecular weight is 415 g/mol. The standard InChI is InChI=1S/C20H16ClFN4O3/c21-15-10-14(6-7-16(15)22)23-18(27)17-12-29-20-24-19(28)25(8-9-26(17)20)11-13-4-2-1-3-5-13/h1-7,10,12H,8-9,11H2,(H,23,27). The molecule has 0 aromatic heterocycles. The van der Waals surface area contributed by atoms with Crippen LogP contribution in [0, 0.1) is 5.82 Å². The highest BCUT2D eigenvalue weighted by atomic mass is 35.5. The highest BCUT2D eigenvalue weighted by Gasteiger charge is 2.33. The number of rotatable bonds is 4. The summed E-state index contributed by atoms with van der Waals surface area (Å²) in [6, 6.07) is 13.0. The van der Waals surface area contributed by atoms with Gasteiger partial charge in [-0.2, -0.15) is 0 Å². The Morgan fingerprint density at radius 1 is 1.21 bits per heavy atom. The molecule has 2 aromatic carbocycles. The second-order valence-corrected chi connectivity index (χ2v) is 6.85. The van der Waals surface area contributed by atoms with Gasteiger partial charge in [0.1, 0.15) is 17.8 Å². The molecule has 148 valence electrons. The van der Waals surface area contributed by atoms with Crippen LogP contribution in [0.25, 0.3) is 0 Å². The minimum atomic E-state index is -0.577. The lowest BCUT2D eigenvalue weighted by molar-refractivity contribution is -0.113. The highest BCUT2D eigenvalue weighted by molar-refractivity contribution is 6.31. The molecular weight excluding hydrogens is 399 g/mol. The van der Waals surface area contributed by atoms with Crippen LogP contribution in [0.4, 0.5) is 14.9 Å². The molecule has 0 fully saturated rings. The molecule has 7 nitrogen and oxygen atoms in total. The lowest BCUT2D eigenvalue weighted by atomic mass is 10.2. The molecule has 3 amide bonds. The van der Waals surface area contributed by atoms with Crippen molar-refractivity contribution in [2.24, 2.45) is 4.99 Å². The second kappa shape index (κ2) is 7.92. The molecule has 2 aliphatic rings. The Labute approximate surface area is 171 Å². The van der Waals surface area contributed by atoms with Gasteiger partial charge in [0.25, 0.3) is 5.91 Å². The van der Waals surface area contributed by atoms with Crippen molar-refractivity contribution in [1.29, 1.82) is 0 Å². The summed E-state index contributed by atoms with van der Waals surface area (Å²) in [5.74, 6) is -1.06. The lowest BCUT2D eigenvalue weighted by Crippen LogP contribution is -2.36. The Hall–Kier alpha value is -3.39. The number of carbonyl (C=O) groups excluding carboxylic acids is 2. The molecule has 2 aromatic rings. The number of amidine groups is 1. The van der Waals surface area contributed by atoms with Crippen molar-refractivity contribution < 1.29 is 18.7 Å². The van der Waals surface area contributed by atoms with E-state index in [1.807, 2.05) is 30.3 Å². The van der Waals surface area contributed by atoms with E-state index in [1.165, 1.54) is 23.3 Å². The van der Waals surface area contributed by atoms with E-state index in [0.717, 1.165) is 11.6 Å². The van der Waals surface area contributed by atoms with Gasteiger partial charge in [-0.15, -0.1) is 4.99 Å². The van der Waals surface area contributed by atoms with Crippen molar-refractivity contribution in [2.45, 2.75) is 6.54 Å². The zero-order valence-corrected chi connectivity index (χ0v) is 15.9. The molecule has 1 N–H and O–H groups in total. The van der Waals surface area contributed by atoms with Gasteiger partial charge in [-0.05, 0) is 23.8 Å². The highest BCUT2D eigenvalue weighted by Crippen LogP contribution is 2.23. The van der Waals surface area contributed by atoms with Gasteiger partial charge in [0, 0.05) is 25.3 Å². The SMILES string of the molecule is O=C(Nc1ccc(F)c(Cl)c1)C1=COC2=NC(=O)N(Cc3ccccc3)CCN12. The normalized spacial score (nSPS) is 15.9. The first-order valence-corrected chi connectivity index (χ1v) is 9.21. The number of carbonyl (C=O) groups is 2. The molecule has 0 spiro atoms. The molecule has 0 atom stereocenters. The minimum Gasteiger partial charge on any atom is -0.431 e. The number of hydrogen-bond acceptors (Lipinski definition) is 4. The van der Waals surface area contributed by atoms with Gasteiger partial charge >= 0.3 is 12.1 Å². The summed E-state index contributed by atoms with van der Waals surface area (Å²) in [6.45, 7) is 1.10. The number of fused-ring (bicyclic) bond motifs is 1. The summed E-state index contributed by atoms with van der Waals surface area (Å²) in [4.78, 5) is 32.2. The van der Waals surface area contributed by atoms with E-state index in [-0.39, 0.29) is 16.7 Å². The molecule has 0 aliphatic carbocycles. The zero-order valence-electron chi connectivity index (χ0n) is 15.1. The third-order valence-electron chi connectivity index (χ3n) is 4.48. The summed E-state index contributed by atoms with van der Waals surface area (Å²) >= 11 is 5.75. The van der Waals surface area contributed by atoms with Crippen molar-refractivity contribution in [3.8, 4) is 0 Å². The van der Waals surface area contributed by atoms with Crippen molar-refractivity contribution in [3.05, 3.63) is 76.9 Å². The van der Waals surface area contributed by atoms with Crippen LogP contribution in [0.3, 0.4) is 0 Å². The van der Waals surface area contributed by atoms with E-state index in [4.69, 9.17) is 16.3 Å². The van der Waals surface area contributed by atoms with E-state index < -0.39 is 17.8 Å². The Morgan fingerprint density at radius 3 is 2.76 bits per heavy atom. The van der Waals surface area contributed by atoms with Gasteiger partial charge in [0.15, 0.2) is 0 Å². The number of urea groups is 1. The molecule has 4 rings (SSSR count). The second-order valence-electron chi connectivity index (χ2n) is 6.44. The number of ether oxygens (including phenoxy) is 1. The Morgan fingerprint density at radius 2 is 2.00 bits per heavy atom. The van der Waals surface area contributed by atoms with Crippen LogP contribution in [0.15, 0.2) is 65.5 Å². The first kappa shape index (κ1) is 18.9. The predicted molar refractivity (Wildman–Crippen MR) is 106 cm³/mol. The van der Waals surface area contributed by atoms with Crippen LogP contribution in [-0.2, 0) is 16.1 Å². The first-order chi connectivity index (χ1) is 14.0. The smallest absolute Gasteiger partial charge is 0.348 e. The summed E-state index contributed by atoms with van der Waals surface area (Å²) < 4.78 is 18.6. The molecule has 0 saturated heterocycles. The minimum absolute atomic E-state index is 0.0489. The number of nitrogens with one attached hydrogen (secondary N) is 1. The van der Waals surface area contributed by atoms with E-state index in [9.17, 15) is 14.0 Å². The van der Waals surface area contributed by atoms with Crippen LogP contribution in [0.2, 0.25) is 5.02 Å². The largest absolute Gasteiger partial charge is 0.431 e. The number of benzene rings is 2. The summed E-state index contributed by atoms with van der Waals surface area (Å²) in [5, 5.41) is 2.54. The van der Waals surface area contributed by atoms with Crippen molar-refractivity contribution in [3.63, 3.8) is 0 Å². The fourth-order valence-electron chi connectivity index (χ4n) is 3.01. The van der Waals surface area contributed by atoms with Crippen LogP contribution in [-0.4, -0.2) is 40.8 Å². The van der Waals surface area contributed by atoms with Crippen molar-refractivity contribution >= 4 is 35.2 Å². The number of amides is 3. The van der Waals surface area contributed by atoms with Crippen molar-refractivity contribution in [1.82, 2.24) is 9.80 Å². The summed E-state index contributed by atoms with van der Waals surface area (Å²) in [7, 11) is 0. The number of nitrogens with zero attached hydrogens (tertiary/aromatic N) is 3. The van der Waals surface area contributed by atoms with Crippen LogP contribution >= 0.6 is 11.6 Å². The van der Waals surface area contributed by atoms with E-state index in [1.54, 1.807) is 4.90 Å². The molecule has 0 radical (unpaired) electrons. The number of hydrogen-bond donors (Lipinski definition) is 1. The zero-order chi connectivity index (χ0) is 20.4. The molecule has 0 unspecified atom stereocenters. The van der Waals surface area contributed by atoms with Gasteiger partial charge in [-0.3, -0.25) is 9.69 Å². The van der Waals surface area contributed by atoms with E-state index in [0.29, 0.717) is 25.3 Å². The molecule has 2 aliphatic heterocycles. The monoisotopic (exact) mass is 414 g/mol. The van der Waals surface area contributed by atoms with Gasteiger partial charge < -0.3 is 15.0 Å². The number of halogens is 2. The maximum Gasteiger partial charge on any atom is 0.348 e. The molecular formula is C20H16ClFN4O3. The topological polar surface area (TPSA) is 74.2 Å². The Bertz CT molecular complexity index is 1030. The molecule has 2 heterocycles. The number of aliphatic imine (C=N–C) groups is 1.